The van der Waals surface area contributed by atoms with E-state index in [1.807, 2.05) is 6.07 Å². The number of para-hydroxylation sites is 4. The average Bonchev–Trinajstić information content (AvgIpc) is 3.85. The average molecular weight is 632 g/mol. The number of hydrogen-bond donors (Lipinski definition) is 0. The number of aromatic nitrogens is 2. The van der Waals surface area contributed by atoms with Gasteiger partial charge < -0.3 is 4.57 Å². The van der Waals surface area contributed by atoms with Crippen molar-refractivity contribution in [3.63, 3.8) is 0 Å². The van der Waals surface area contributed by atoms with Crippen LogP contribution in [0.25, 0.3) is 76.6 Å². The molecule has 3 heterocycles. The first-order chi connectivity index (χ1) is 23.5. The zero-order chi connectivity index (χ0) is 32.1. The molecule has 0 atom stereocenters. The summed E-state index contributed by atoms with van der Waals surface area (Å²) < 4.78 is 4.95. The Morgan fingerprint density at radius 1 is 0.542 bits per heavy atom. The summed E-state index contributed by atoms with van der Waals surface area (Å²) >= 11 is 1.81. The summed E-state index contributed by atoms with van der Waals surface area (Å²) in [6.07, 6.45) is 0. The van der Waals surface area contributed by atoms with Crippen LogP contribution in [0.15, 0.2) is 139 Å². The van der Waals surface area contributed by atoms with Gasteiger partial charge in [-0.25, -0.2) is 0 Å². The number of nitriles is 1. The van der Waals surface area contributed by atoms with Gasteiger partial charge in [-0.05, 0) is 70.3 Å². The molecule has 0 saturated heterocycles. The molecule has 0 saturated carbocycles. The smallest absolute Gasteiger partial charge is 0.125 e. The van der Waals surface area contributed by atoms with E-state index in [1.54, 1.807) is 11.3 Å². The molecule has 6 aromatic carbocycles. The minimum atomic E-state index is -0.230. The Bertz CT molecular complexity index is 2730. The lowest BCUT2D eigenvalue weighted by Gasteiger charge is -2.22. The largest absolute Gasteiger partial charge is 0.306 e. The van der Waals surface area contributed by atoms with Gasteiger partial charge in [0.2, 0.25) is 0 Å². The highest BCUT2D eigenvalue weighted by Gasteiger charge is 2.36. The van der Waals surface area contributed by atoms with E-state index in [2.05, 4.69) is 162 Å². The first kappa shape index (κ1) is 27.2. The minimum absolute atomic E-state index is 0.230. The fourth-order valence-electron chi connectivity index (χ4n) is 8.20. The van der Waals surface area contributed by atoms with Gasteiger partial charge in [0.15, 0.2) is 0 Å². The summed E-state index contributed by atoms with van der Waals surface area (Å²) in [5.41, 5.74) is 13.8. The summed E-state index contributed by atoms with van der Waals surface area (Å²) in [5.74, 6) is 0. The molecule has 10 rings (SSSR count). The minimum Gasteiger partial charge on any atom is -0.306 e. The topological polar surface area (TPSA) is 33.6 Å². The number of benzene rings is 6. The molecule has 0 N–H and O–H groups in total. The van der Waals surface area contributed by atoms with Crippen molar-refractivity contribution in [2.24, 2.45) is 0 Å². The van der Waals surface area contributed by atoms with Gasteiger partial charge in [0.25, 0.3) is 0 Å². The van der Waals surface area contributed by atoms with E-state index >= 15 is 0 Å². The molecule has 0 bridgehead atoms. The van der Waals surface area contributed by atoms with Crippen molar-refractivity contribution in [2.45, 2.75) is 19.3 Å². The molecule has 0 aliphatic heterocycles. The van der Waals surface area contributed by atoms with Gasteiger partial charge in [-0.15, -0.1) is 11.3 Å². The Labute approximate surface area is 282 Å². The molecule has 3 nitrogen and oxygen atoms in total. The van der Waals surface area contributed by atoms with Gasteiger partial charge in [-0.3, -0.25) is 4.57 Å². The summed E-state index contributed by atoms with van der Waals surface area (Å²) in [4.78, 5) is 0. The quantitative estimate of drug-likeness (QED) is 0.191. The molecular formula is C44H29N3S. The molecule has 226 valence electrons. The van der Waals surface area contributed by atoms with Crippen LogP contribution in [0.2, 0.25) is 0 Å². The molecular weight excluding hydrogens is 603 g/mol. The Morgan fingerprint density at radius 2 is 1.02 bits per heavy atom. The van der Waals surface area contributed by atoms with E-state index in [0.29, 0.717) is 5.56 Å². The number of thiophene rings is 1. The van der Waals surface area contributed by atoms with Crippen LogP contribution in [-0.4, -0.2) is 9.13 Å². The SMILES string of the molecule is CC1(C)c2cc(C#N)ccc2-c2ccc(-c3csc(-n4c5ccccc5c5ccccc54)c3-n3c4ccccc4c4ccccc43)cc21. The van der Waals surface area contributed by atoms with Crippen LogP contribution in [0.4, 0.5) is 0 Å². The molecule has 0 fully saturated rings. The van der Waals surface area contributed by atoms with Crippen molar-refractivity contribution in [3.05, 3.63) is 156 Å². The first-order valence-corrected chi connectivity index (χ1v) is 17.2. The maximum atomic E-state index is 9.68. The second kappa shape index (κ2) is 9.81. The Balaban J connectivity index is 1.31. The Hall–Kier alpha value is -5.89. The lowest BCUT2D eigenvalue weighted by molar-refractivity contribution is 0.660. The third-order valence-electron chi connectivity index (χ3n) is 10.4. The van der Waals surface area contributed by atoms with Crippen molar-refractivity contribution in [2.75, 3.05) is 0 Å². The van der Waals surface area contributed by atoms with Crippen molar-refractivity contribution >= 4 is 54.9 Å². The van der Waals surface area contributed by atoms with E-state index in [4.69, 9.17) is 0 Å². The highest BCUT2D eigenvalue weighted by molar-refractivity contribution is 7.13. The molecule has 9 aromatic rings. The normalized spacial score (nSPS) is 13.4. The van der Waals surface area contributed by atoms with Crippen molar-refractivity contribution in [1.82, 2.24) is 9.13 Å². The molecule has 3 aromatic heterocycles. The summed E-state index contributed by atoms with van der Waals surface area (Å²) in [5, 5.41) is 18.2. The maximum Gasteiger partial charge on any atom is 0.125 e. The van der Waals surface area contributed by atoms with E-state index in [1.165, 1.54) is 87.7 Å². The second-order valence-corrected chi connectivity index (χ2v) is 14.2. The van der Waals surface area contributed by atoms with Crippen LogP contribution < -0.4 is 0 Å². The molecule has 0 amide bonds. The highest BCUT2D eigenvalue weighted by atomic mass is 32.1. The van der Waals surface area contributed by atoms with Crippen molar-refractivity contribution < 1.29 is 0 Å². The third-order valence-corrected chi connectivity index (χ3v) is 11.4. The van der Waals surface area contributed by atoms with Gasteiger partial charge in [-0.2, -0.15) is 5.26 Å². The predicted octanol–water partition coefficient (Wildman–Crippen LogP) is 11.8. The Morgan fingerprint density at radius 3 is 1.56 bits per heavy atom. The molecule has 1 aliphatic rings. The van der Waals surface area contributed by atoms with Gasteiger partial charge >= 0.3 is 0 Å². The van der Waals surface area contributed by atoms with Gasteiger partial charge in [0, 0.05) is 37.9 Å². The second-order valence-electron chi connectivity index (χ2n) is 13.3. The molecule has 0 unspecified atom stereocenters. The molecule has 0 radical (unpaired) electrons. The Kier molecular flexibility index (Phi) is 5.57. The predicted molar refractivity (Wildman–Crippen MR) is 201 cm³/mol. The van der Waals surface area contributed by atoms with Crippen LogP contribution in [0.3, 0.4) is 0 Å². The number of fused-ring (bicyclic) bond motifs is 9. The number of rotatable bonds is 3. The first-order valence-electron chi connectivity index (χ1n) is 16.3. The third kappa shape index (κ3) is 3.57. The van der Waals surface area contributed by atoms with Gasteiger partial charge in [0.05, 0.1) is 39.4 Å². The molecule has 0 spiro atoms. The van der Waals surface area contributed by atoms with Crippen LogP contribution in [0.1, 0.15) is 30.5 Å². The van der Waals surface area contributed by atoms with Crippen LogP contribution in [0.5, 0.6) is 0 Å². The van der Waals surface area contributed by atoms with Crippen LogP contribution in [-0.2, 0) is 5.41 Å². The van der Waals surface area contributed by atoms with Crippen LogP contribution in [0, 0.1) is 11.3 Å². The van der Waals surface area contributed by atoms with Crippen molar-refractivity contribution in [3.8, 4) is 39.0 Å². The zero-order valence-electron chi connectivity index (χ0n) is 26.5. The fraction of sp³-hybridized carbons (Fsp3) is 0.0682. The molecule has 1 aliphatic carbocycles. The van der Waals surface area contributed by atoms with E-state index in [9.17, 15) is 5.26 Å². The maximum absolute atomic E-state index is 9.68. The highest BCUT2D eigenvalue weighted by Crippen LogP contribution is 2.51. The van der Waals surface area contributed by atoms with E-state index < -0.39 is 0 Å². The molecule has 48 heavy (non-hydrogen) atoms. The lowest BCUT2D eigenvalue weighted by Crippen LogP contribution is -2.15. The van der Waals surface area contributed by atoms with Gasteiger partial charge in [0.1, 0.15) is 5.00 Å². The fourth-order valence-corrected chi connectivity index (χ4v) is 9.29. The van der Waals surface area contributed by atoms with Crippen molar-refractivity contribution in [1.29, 1.82) is 5.26 Å². The van der Waals surface area contributed by atoms with E-state index in [-0.39, 0.29) is 5.41 Å². The van der Waals surface area contributed by atoms with Gasteiger partial charge in [-0.1, -0.05) is 105 Å². The summed E-state index contributed by atoms with van der Waals surface area (Å²) in [6.45, 7) is 4.57. The standard InChI is InChI=1S/C44H29N3S/c1-44(2)36-23-27(25-45)19-21-29(36)30-22-20-28(24-37(30)44)35-26-48-43(47-40-17-9-5-13-33(40)34-14-6-10-18-41(34)47)42(35)46-38-15-7-3-11-31(38)32-12-4-8-16-39(32)46/h3-24,26H,1-2H3. The monoisotopic (exact) mass is 631 g/mol. The summed E-state index contributed by atoms with van der Waals surface area (Å²) in [6, 6.07) is 50.5. The van der Waals surface area contributed by atoms with Crippen LogP contribution >= 0.6 is 11.3 Å². The molecule has 4 heteroatoms. The summed E-state index contributed by atoms with van der Waals surface area (Å²) in [7, 11) is 0. The zero-order valence-corrected chi connectivity index (χ0v) is 27.3. The number of hydrogen-bond acceptors (Lipinski definition) is 2. The van der Waals surface area contributed by atoms with E-state index in [0.717, 1.165) is 0 Å². The lowest BCUT2D eigenvalue weighted by atomic mass is 9.81. The number of nitrogens with zero attached hydrogens (tertiary/aromatic N) is 3.